The Balaban J connectivity index is 1.28. The summed E-state index contributed by atoms with van der Waals surface area (Å²) in [5, 5.41) is 12.4. The molecule has 0 fully saturated rings. The minimum atomic E-state index is -0.0766. The third-order valence-electron chi connectivity index (χ3n) is 11.2. The van der Waals surface area contributed by atoms with E-state index < -0.39 is 0 Å². The first-order valence-corrected chi connectivity index (χ1v) is 16.9. The normalized spacial score (nSPS) is 13.8. The van der Waals surface area contributed by atoms with Gasteiger partial charge in [-0.2, -0.15) is 0 Å². The molecule has 1 heteroatoms. The van der Waals surface area contributed by atoms with E-state index in [0.717, 1.165) is 27.5 Å². The summed E-state index contributed by atoms with van der Waals surface area (Å²) in [4.78, 5) is 0. The van der Waals surface area contributed by atoms with Gasteiger partial charge >= 0.3 is 0 Å². The van der Waals surface area contributed by atoms with E-state index in [0.29, 0.717) is 0 Å². The third kappa shape index (κ3) is 3.26. The van der Waals surface area contributed by atoms with Crippen LogP contribution in [0.1, 0.15) is 25.0 Å². The summed E-state index contributed by atoms with van der Waals surface area (Å²) in [6, 6.07) is 53.8. The van der Waals surface area contributed by atoms with E-state index >= 15 is 0 Å². The molecule has 1 aliphatic rings. The molecule has 1 nitrogen and oxygen atoms in total. The van der Waals surface area contributed by atoms with Crippen LogP contribution in [0, 0.1) is 0 Å². The molecule has 0 saturated carbocycles. The molecule has 224 valence electrons. The van der Waals surface area contributed by atoms with Crippen LogP contribution in [0.15, 0.2) is 150 Å². The van der Waals surface area contributed by atoms with Crippen LogP contribution < -0.4 is 0 Å². The summed E-state index contributed by atoms with van der Waals surface area (Å²) in [5.74, 6) is 0. The van der Waals surface area contributed by atoms with E-state index in [-0.39, 0.29) is 5.41 Å². The van der Waals surface area contributed by atoms with Crippen molar-refractivity contribution < 1.29 is 4.42 Å². The van der Waals surface area contributed by atoms with Crippen molar-refractivity contribution in [2.75, 3.05) is 0 Å². The van der Waals surface area contributed by atoms with E-state index in [1.54, 1.807) is 0 Å². The lowest BCUT2D eigenvalue weighted by atomic mass is 9.82. The second kappa shape index (κ2) is 9.12. The second-order valence-electron chi connectivity index (χ2n) is 14.0. The van der Waals surface area contributed by atoms with Crippen molar-refractivity contribution in [1.82, 2.24) is 0 Å². The van der Waals surface area contributed by atoms with Gasteiger partial charge in [-0.05, 0) is 88.8 Å². The largest absolute Gasteiger partial charge is 0.455 e. The van der Waals surface area contributed by atoms with E-state index in [9.17, 15) is 0 Å². The molecule has 0 N–H and O–H groups in total. The average molecular weight is 611 g/mol. The van der Waals surface area contributed by atoms with Crippen LogP contribution in [-0.4, -0.2) is 0 Å². The maximum absolute atomic E-state index is 7.14. The van der Waals surface area contributed by atoms with Gasteiger partial charge in [0, 0.05) is 27.1 Å². The monoisotopic (exact) mass is 610 g/mol. The van der Waals surface area contributed by atoms with Gasteiger partial charge in [0.15, 0.2) is 0 Å². The fraction of sp³-hybridized carbons (Fsp3) is 0.0638. The van der Waals surface area contributed by atoms with Gasteiger partial charge in [0.1, 0.15) is 11.2 Å². The fourth-order valence-electron chi connectivity index (χ4n) is 8.99. The molecule has 0 atom stereocenters. The van der Waals surface area contributed by atoms with Crippen LogP contribution in [0.4, 0.5) is 0 Å². The summed E-state index contributed by atoms with van der Waals surface area (Å²) < 4.78 is 7.14. The predicted octanol–water partition coefficient (Wildman–Crippen LogP) is 13.3. The summed E-state index contributed by atoms with van der Waals surface area (Å²) in [7, 11) is 0. The van der Waals surface area contributed by atoms with Crippen LogP contribution >= 0.6 is 0 Å². The maximum Gasteiger partial charge on any atom is 0.143 e. The first-order chi connectivity index (χ1) is 23.6. The number of hydrogen-bond acceptors (Lipinski definition) is 1. The molecule has 11 rings (SSSR count). The highest BCUT2D eigenvalue weighted by atomic mass is 16.3. The highest BCUT2D eigenvalue weighted by molar-refractivity contribution is 6.28. The standard InChI is InChI=1S/C47H30O/c1-47(2)39-15-6-5-13-37(39)43-33(14-8-16-40(43)47)36-26-25-35(44-38-24-19-27-9-3-4-12-31(27)45(38)48-46(36)44)32-22-20-30-18-17-28-10-7-11-29-21-23-34(32)42(30)41(28)29/h3-26H,1-2H3. The van der Waals surface area contributed by atoms with Crippen LogP contribution in [0.3, 0.4) is 0 Å². The molecule has 0 aliphatic heterocycles. The number of hydrogen-bond donors (Lipinski definition) is 0. The van der Waals surface area contributed by atoms with Gasteiger partial charge in [0.2, 0.25) is 0 Å². The van der Waals surface area contributed by atoms with Crippen LogP contribution in [0.5, 0.6) is 0 Å². The fourth-order valence-corrected chi connectivity index (χ4v) is 8.99. The Hall–Kier alpha value is -5.92. The van der Waals surface area contributed by atoms with E-state index in [1.165, 1.54) is 82.0 Å². The van der Waals surface area contributed by atoms with Gasteiger partial charge in [-0.25, -0.2) is 0 Å². The molecule has 0 unspecified atom stereocenters. The summed E-state index contributed by atoms with van der Waals surface area (Å²) in [6.07, 6.45) is 0. The number of benzene rings is 9. The van der Waals surface area contributed by atoms with E-state index in [4.69, 9.17) is 4.42 Å². The second-order valence-corrected chi connectivity index (χ2v) is 14.0. The van der Waals surface area contributed by atoms with Gasteiger partial charge < -0.3 is 4.42 Å². The third-order valence-corrected chi connectivity index (χ3v) is 11.2. The molecule has 0 bridgehead atoms. The predicted molar refractivity (Wildman–Crippen MR) is 203 cm³/mol. The van der Waals surface area contributed by atoms with E-state index in [1.807, 2.05) is 0 Å². The van der Waals surface area contributed by atoms with Crippen molar-refractivity contribution >= 4 is 65.0 Å². The summed E-state index contributed by atoms with van der Waals surface area (Å²) in [6.45, 7) is 4.70. The van der Waals surface area contributed by atoms with Gasteiger partial charge in [-0.15, -0.1) is 0 Å². The van der Waals surface area contributed by atoms with Gasteiger partial charge in [-0.1, -0.05) is 147 Å². The molecule has 1 heterocycles. The Morgan fingerprint density at radius 1 is 0.354 bits per heavy atom. The maximum atomic E-state index is 7.14. The molecule has 0 spiro atoms. The molecule has 0 amide bonds. The van der Waals surface area contributed by atoms with Gasteiger partial charge in [-0.3, -0.25) is 0 Å². The molecule has 1 aliphatic carbocycles. The van der Waals surface area contributed by atoms with Crippen molar-refractivity contribution in [3.8, 4) is 33.4 Å². The summed E-state index contributed by atoms with van der Waals surface area (Å²) >= 11 is 0. The zero-order valence-electron chi connectivity index (χ0n) is 26.8. The van der Waals surface area contributed by atoms with E-state index in [2.05, 4.69) is 159 Å². The van der Waals surface area contributed by atoms with Gasteiger partial charge in [0.05, 0.1) is 0 Å². The molecule has 10 aromatic rings. The van der Waals surface area contributed by atoms with Gasteiger partial charge in [0.25, 0.3) is 0 Å². The first kappa shape index (κ1) is 26.2. The van der Waals surface area contributed by atoms with Crippen molar-refractivity contribution in [3.63, 3.8) is 0 Å². The Morgan fingerprint density at radius 3 is 1.85 bits per heavy atom. The number of rotatable bonds is 2. The average Bonchev–Trinajstić information content (AvgIpc) is 3.64. The number of furan rings is 1. The quantitative estimate of drug-likeness (QED) is 0.178. The molecule has 0 saturated heterocycles. The SMILES string of the molecule is CC1(C)c2ccccc2-c2c(-c3ccc(-c4ccc5ccc6cccc7ccc4c5c67)c4c3oc3c5ccccc5ccc34)cccc21. The number of fused-ring (bicyclic) bond motifs is 8. The lowest BCUT2D eigenvalue weighted by Gasteiger charge is -2.21. The van der Waals surface area contributed by atoms with Crippen LogP contribution in [0.25, 0.3) is 98.4 Å². The molecule has 48 heavy (non-hydrogen) atoms. The van der Waals surface area contributed by atoms with Crippen LogP contribution in [0.2, 0.25) is 0 Å². The molecule has 0 radical (unpaired) electrons. The molecule has 1 aromatic heterocycles. The highest BCUT2D eigenvalue weighted by Crippen LogP contribution is 2.54. The minimum Gasteiger partial charge on any atom is -0.455 e. The Morgan fingerprint density at radius 2 is 0.958 bits per heavy atom. The topological polar surface area (TPSA) is 13.1 Å². The smallest absolute Gasteiger partial charge is 0.143 e. The summed E-state index contributed by atoms with van der Waals surface area (Å²) in [5.41, 5.74) is 12.0. The minimum absolute atomic E-state index is 0.0766. The molecule has 9 aromatic carbocycles. The Kier molecular flexibility index (Phi) is 4.97. The molecular formula is C47H30O. The van der Waals surface area contributed by atoms with Crippen molar-refractivity contribution in [2.24, 2.45) is 0 Å². The van der Waals surface area contributed by atoms with Crippen molar-refractivity contribution in [1.29, 1.82) is 0 Å². The van der Waals surface area contributed by atoms with Crippen molar-refractivity contribution in [2.45, 2.75) is 19.3 Å². The van der Waals surface area contributed by atoms with Crippen LogP contribution in [-0.2, 0) is 5.41 Å². The zero-order valence-corrected chi connectivity index (χ0v) is 26.8. The highest BCUT2D eigenvalue weighted by Gasteiger charge is 2.37. The van der Waals surface area contributed by atoms with Crippen molar-refractivity contribution in [3.05, 3.63) is 157 Å². The first-order valence-electron chi connectivity index (χ1n) is 16.9. The lowest BCUT2D eigenvalue weighted by molar-refractivity contribution is 0.660. The lowest BCUT2D eigenvalue weighted by Crippen LogP contribution is -2.14. The molecular weight excluding hydrogens is 581 g/mol. The zero-order chi connectivity index (χ0) is 31.7. The Bertz CT molecular complexity index is 2960. The Labute approximate surface area is 278 Å².